The van der Waals surface area contributed by atoms with E-state index in [4.69, 9.17) is 9.15 Å². The van der Waals surface area contributed by atoms with Crippen LogP contribution >= 0.6 is 0 Å². The summed E-state index contributed by atoms with van der Waals surface area (Å²) in [6.45, 7) is 5.54. The van der Waals surface area contributed by atoms with Crippen LogP contribution in [0.3, 0.4) is 0 Å². The topological polar surface area (TPSA) is 74.9 Å². The van der Waals surface area contributed by atoms with Gasteiger partial charge in [-0.2, -0.15) is 0 Å². The number of ether oxygens (including phenoxy) is 1. The van der Waals surface area contributed by atoms with E-state index in [1.807, 2.05) is 0 Å². The number of hydrogen-bond acceptors (Lipinski definition) is 5. The lowest BCUT2D eigenvalue weighted by atomic mass is 10.2. The quantitative estimate of drug-likeness (QED) is 0.747. The molecule has 1 aliphatic heterocycles. The van der Waals surface area contributed by atoms with Gasteiger partial charge < -0.3 is 19.6 Å². The summed E-state index contributed by atoms with van der Waals surface area (Å²) in [5.74, 6) is 0.434. The maximum absolute atomic E-state index is 11.9. The van der Waals surface area contributed by atoms with Gasteiger partial charge in [0.25, 0.3) is 0 Å². The molecule has 1 aliphatic rings. The summed E-state index contributed by atoms with van der Waals surface area (Å²) >= 11 is 0. The average Bonchev–Trinajstić information content (AvgIpc) is 2.98. The minimum absolute atomic E-state index is 0.201. The first-order valence-corrected chi connectivity index (χ1v) is 7.13. The van der Waals surface area contributed by atoms with E-state index >= 15 is 0 Å². The lowest BCUT2D eigenvalue weighted by Crippen LogP contribution is -2.44. The van der Waals surface area contributed by atoms with E-state index in [2.05, 4.69) is 10.2 Å². The van der Waals surface area contributed by atoms with Crippen LogP contribution in [0.25, 0.3) is 6.08 Å². The van der Waals surface area contributed by atoms with Gasteiger partial charge in [0.05, 0.1) is 25.6 Å². The number of aliphatic hydroxyl groups is 1. The molecule has 0 spiro atoms. The van der Waals surface area contributed by atoms with Crippen molar-refractivity contribution >= 4 is 12.0 Å². The smallest absolute Gasteiger partial charge is 0.247 e. The number of aliphatic hydroxyl groups excluding tert-OH is 1. The first kappa shape index (κ1) is 15.8. The van der Waals surface area contributed by atoms with Gasteiger partial charge in [0.2, 0.25) is 5.91 Å². The van der Waals surface area contributed by atoms with E-state index in [-0.39, 0.29) is 12.5 Å². The summed E-state index contributed by atoms with van der Waals surface area (Å²) in [6.07, 6.45) is 2.65. The van der Waals surface area contributed by atoms with Crippen molar-refractivity contribution in [3.05, 3.63) is 29.7 Å². The van der Waals surface area contributed by atoms with E-state index in [9.17, 15) is 9.90 Å². The third kappa shape index (κ3) is 5.34. The Morgan fingerprint density at radius 1 is 1.52 bits per heavy atom. The molecular formula is C15H22N2O4. The Bertz CT molecular complexity index is 464. The van der Waals surface area contributed by atoms with Crippen LogP contribution in [0, 0.1) is 0 Å². The fourth-order valence-corrected chi connectivity index (χ4v) is 2.15. The molecule has 0 radical (unpaired) electrons. The molecule has 1 unspecified atom stereocenters. The first-order valence-electron chi connectivity index (χ1n) is 7.13. The van der Waals surface area contributed by atoms with Crippen LogP contribution in [-0.2, 0) is 9.53 Å². The number of β-amino-alcohol motifs (C(OH)–C–C–N with tert-alkyl or cyclic N) is 1. The maximum atomic E-state index is 11.9. The van der Waals surface area contributed by atoms with Crippen LogP contribution in [-0.4, -0.2) is 61.4 Å². The van der Waals surface area contributed by atoms with Crippen molar-refractivity contribution in [3.63, 3.8) is 0 Å². The van der Waals surface area contributed by atoms with E-state index in [1.54, 1.807) is 31.4 Å². The zero-order chi connectivity index (χ0) is 15.1. The molecule has 6 heteroatoms. The molecule has 0 bridgehead atoms. The molecule has 1 fully saturated rings. The van der Waals surface area contributed by atoms with Gasteiger partial charge in [0.15, 0.2) is 0 Å². The molecule has 2 heterocycles. The molecule has 1 saturated heterocycles. The second kappa shape index (κ2) is 7.97. The third-order valence-corrected chi connectivity index (χ3v) is 3.33. The van der Waals surface area contributed by atoms with Gasteiger partial charge in [-0.1, -0.05) is 0 Å². The highest BCUT2D eigenvalue weighted by Crippen LogP contribution is 2.07. The van der Waals surface area contributed by atoms with E-state index in [1.165, 1.54) is 0 Å². The van der Waals surface area contributed by atoms with Gasteiger partial charge in [-0.25, -0.2) is 0 Å². The van der Waals surface area contributed by atoms with E-state index in [0.717, 1.165) is 13.1 Å². The predicted molar refractivity (Wildman–Crippen MR) is 78.6 cm³/mol. The molecule has 1 aromatic heterocycles. The number of nitrogens with zero attached hydrogens (tertiary/aromatic N) is 1. The lowest BCUT2D eigenvalue weighted by Gasteiger charge is -2.28. The first-order chi connectivity index (χ1) is 10.1. The fourth-order valence-electron chi connectivity index (χ4n) is 2.15. The number of amides is 1. The van der Waals surface area contributed by atoms with Crippen molar-refractivity contribution in [2.75, 3.05) is 39.4 Å². The number of morpholine rings is 1. The van der Waals surface area contributed by atoms with Crippen molar-refractivity contribution in [2.45, 2.75) is 13.0 Å². The highest BCUT2D eigenvalue weighted by Gasteiger charge is 2.15. The van der Waals surface area contributed by atoms with Gasteiger partial charge in [-0.15, -0.1) is 0 Å². The lowest BCUT2D eigenvalue weighted by molar-refractivity contribution is -0.117. The summed E-state index contributed by atoms with van der Waals surface area (Å²) in [7, 11) is 0. The summed E-state index contributed by atoms with van der Waals surface area (Å²) in [5, 5.41) is 12.7. The zero-order valence-electron chi connectivity index (χ0n) is 12.2. The molecule has 0 aliphatic carbocycles. The molecule has 0 saturated carbocycles. The number of furan rings is 1. The van der Waals surface area contributed by atoms with Crippen LogP contribution in [0.5, 0.6) is 0 Å². The number of rotatable bonds is 6. The summed E-state index contributed by atoms with van der Waals surface area (Å²) in [5.41, 5.74) is 0.545. The molecule has 2 N–H and O–H groups in total. The average molecular weight is 294 g/mol. The number of carbonyl (C=O) groups excluding carboxylic acids is 1. The highest BCUT2D eigenvalue weighted by molar-refractivity contribution is 5.96. The van der Waals surface area contributed by atoms with Gasteiger partial charge in [0.1, 0.15) is 5.76 Å². The molecule has 1 amide bonds. The maximum Gasteiger partial charge on any atom is 0.247 e. The standard InChI is InChI=1S/C15H22N2O4/c1-12(9-14-3-2-6-21-14)15(19)16-10-13(18)11-17-4-7-20-8-5-17/h2-3,6,9,13,18H,4-5,7-8,10-11H2,1H3,(H,16,19). The van der Waals surface area contributed by atoms with Crippen molar-refractivity contribution in [3.8, 4) is 0 Å². The molecule has 21 heavy (non-hydrogen) atoms. The van der Waals surface area contributed by atoms with Crippen molar-refractivity contribution in [1.82, 2.24) is 10.2 Å². The van der Waals surface area contributed by atoms with Crippen LogP contribution in [0.15, 0.2) is 28.4 Å². The van der Waals surface area contributed by atoms with Gasteiger partial charge in [0, 0.05) is 31.8 Å². The summed E-state index contributed by atoms with van der Waals surface area (Å²) in [6, 6.07) is 3.55. The molecule has 1 atom stereocenters. The number of hydrogen-bond donors (Lipinski definition) is 2. The zero-order valence-corrected chi connectivity index (χ0v) is 12.2. The molecule has 6 nitrogen and oxygen atoms in total. The van der Waals surface area contributed by atoms with E-state index in [0.29, 0.717) is 31.1 Å². The van der Waals surface area contributed by atoms with Crippen LogP contribution in [0.1, 0.15) is 12.7 Å². The summed E-state index contributed by atoms with van der Waals surface area (Å²) in [4.78, 5) is 14.0. The largest absolute Gasteiger partial charge is 0.465 e. The molecule has 116 valence electrons. The number of carbonyl (C=O) groups is 1. The van der Waals surface area contributed by atoms with Gasteiger partial charge in [-0.05, 0) is 25.1 Å². The second-order valence-corrected chi connectivity index (χ2v) is 5.12. The fraction of sp³-hybridized carbons (Fsp3) is 0.533. The van der Waals surface area contributed by atoms with Crippen molar-refractivity contribution in [2.24, 2.45) is 0 Å². The van der Waals surface area contributed by atoms with Crippen LogP contribution in [0.4, 0.5) is 0 Å². The minimum atomic E-state index is -0.580. The summed E-state index contributed by atoms with van der Waals surface area (Å²) < 4.78 is 10.4. The van der Waals surface area contributed by atoms with Crippen LogP contribution in [0.2, 0.25) is 0 Å². The Hall–Kier alpha value is -1.63. The van der Waals surface area contributed by atoms with Crippen molar-refractivity contribution in [1.29, 1.82) is 0 Å². The molecule has 1 aromatic rings. The monoisotopic (exact) mass is 294 g/mol. The third-order valence-electron chi connectivity index (χ3n) is 3.33. The Kier molecular flexibility index (Phi) is 5.98. The highest BCUT2D eigenvalue weighted by atomic mass is 16.5. The van der Waals surface area contributed by atoms with Crippen LogP contribution < -0.4 is 5.32 Å². The second-order valence-electron chi connectivity index (χ2n) is 5.12. The van der Waals surface area contributed by atoms with Gasteiger partial charge >= 0.3 is 0 Å². The Morgan fingerprint density at radius 2 is 2.29 bits per heavy atom. The minimum Gasteiger partial charge on any atom is -0.465 e. The SMILES string of the molecule is CC(=Cc1ccco1)C(=O)NCC(O)CN1CCOCC1. The van der Waals surface area contributed by atoms with Gasteiger partial charge in [-0.3, -0.25) is 9.69 Å². The Labute approximate surface area is 124 Å². The Balaban J connectivity index is 1.72. The van der Waals surface area contributed by atoms with E-state index < -0.39 is 6.10 Å². The number of nitrogens with one attached hydrogen (secondary N) is 1. The van der Waals surface area contributed by atoms with Crippen molar-refractivity contribution < 1.29 is 19.1 Å². The Morgan fingerprint density at radius 3 is 2.95 bits per heavy atom. The molecule has 2 rings (SSSR count). The molecular weight excluding hydrogens is 272 g/mol. The molecule has 0 aromatic carbocycles. The predicted octanol–water partition coefficient (Wildman–Crippen LogP) is 0.492. The normalized spacial score (nSPS) is 18.5.